The Hall–Kier alpha value is -1.35. The van der Waals surface area contributed by atoms with Gasteiger partial charge >= 0.3 is 5.97 Å². The van der Waals surface area contributed by atoms with Crippen molar-refractivity contribution in [3.05, 3.63) is 35.9 Å². The monoisotopic (exact) mass is 235 g/mol. The van der Waals surface area contributed by atoms with Crippen LogP contribution in [0.25, 0.3) is 0 Å². The van der Waals surface area contributed by atoms with Crippen LogP contribution in [0.1, 0.15) is 38.3 Å². The summed E-state index contributed by atoms with van der Waals surface area (Å²) in [7, 11) is 0. The zero-order valence-corrected chi connectivity index (χ0v) is 10.5. The average molecular weight is 235 g/mol. The lowest BCUT2D eigenvalue weighted by Crippen LogP contribution is -2.29. The summed E-state index contributed by atoms with van der Waals surface area (Å²) >= 11 is 0. The van der Waals surface area contributed by atoms with Gasteiger partial charge in [-0.15, -0.1) is 0 Å². The minimum atomic E-state index is -0.819. The first-order valence-electron chi connectivity index (χ1n) is 6.12. The molecule has 0 saturated heterocycles. The van der Waals surface area contributed by atoms with Crippen LogP contribution in [0.3, 0.4) is 0 Å². The highest BCUT2D eigenvalue weighted by Crippen LogP contribution is 2.13. The highest BCUT2D eigenvalue weighted by molar-refractivity contribution is 5.75. The molecule has 0 amide bonds. The molecule has 1 aromatic carbocycles. The van der Waals surface area contributed by atoms with Crippen LogP contribution < -0.4 is 5.32 Å². The number of carboxylic acids is 1. The van der Waals surface area contributed by atoms with Gasteiger partial charge in [0.05, 0.1) is 0 Å². The van der Waals surface area contributed by atoms with Crippen LogP contribution >= 0.6 is 0 Å². The topological polar surface area (TPSA) is 49.3 Å². The molecule has 0 fully saturated rings. The predicted octanol–water partition coefficient (Wildman–Crippen LogP) is 2.84. The third-order valence-electron chi connectivity index (χ3n) is 2.69. The van der Waals surface area contributed by atoms with Crippen LogP contribution in [-0.2, 0) is 4.79 Å². The summed E-state index contributed by atoms with van der Waals surface area (Å²) in [6, 6.07) is 8.70. The molecule has 0 aliphatic heterocycles. The summed E-state index contributed by atoms with van der Waals surface area (Å²) < 4.78 is 0. The first-order valence-corrected chi connectivity index (χ1v) is 6.12. The number of carboxylic acid groups (broad SMARTS) is 1. The number of nitrogens with one attached hydrogen (secondary N) is 1. The molecule has 94 valence electrons. The summed E-state index contributed by atoms with van der Waals surface area (Å²) in [5.41, 5.74) is 0.810. The molecule has 3 nitrogen and oxygen atoms in total. The van der Waals surface area contributed by atoms with Gasteiger partial charge in [-0.25, -0.2) is 0 Å². The molecular formula is C14H21NO2. The molecule has 2 N–H and O–H groups in total. The van der Waals surface area contributed by atoms with E-state index in [2.05, 4.69) is 19.2 Å². The number of hydrogen-bond acceptors (Lipinski definition) is 2. The van der Waals surface area contributed by atoms with Crippen molar-refractivity contribution < 1.29 is 9.90 Å². The van der Waals surface area contributed by atoms with E-state index in [0.29, 0.717) is 5.92 Å². The van der Waals surface area contributed by atoms with Gasteiger partial charge in [-0.3, -0.25) is 4.79 Å². The van der Waals surface area contributed by atoms with Gasteiger partial charge in [0.2, 0.25) is 0 Å². The Bertz CT molecular complexity index is 335. The third-order valence-corrected chi connectivity index (χ3v) is 2.69. The lowest BCUT2D eigenvalue weighted by Gasteiger charge is -2.15. The van der Waals surface area contributed by atoms with E-state index in [4.69, 9.17) is 0 Å². The summed E-state index contributed by atoms with van der Waals surface area (Å²) in [6.07, 6.45) is 2.13. The van der Waals surface area contributed by atoms with Crippen LogP contribution in [0, 0.1) is 5.92 Å². The lowest BCUT2D eigenvalue weighted by atomic mass is 10.1. The van der Waals surface area contributed by atoms with E-state index in [1.54, 1.807) is 0 Å². The van der Waals surface area contributed by atoms with Crippen molar-refractivity contribution in [2.24, 2.45) is 5.92 Å². The second-order valence-corrected chi connectivity index (χ2v) is 4.67. The van der Waals surface area contributed by atoms with Gasteiger partial charge in [0.15, 0.2) is 0 Å². The molecule has 1 aromatic rings. The molecule has 17 heavy (non-hydrogen) atoms. The quantitative estimate of drug-likeness (QED) is 0.714. The fraction of sp³-hybridized carbons (Fsp3) is 0.500. The maximum atomic E-state index is 11.2. The minimum absolute atomic E-state index is 0.594. The Labute approximate surface area is 103 Å². The van der Waals surface area contributed by atoms with Crippen LogP contribution in [0.2, 0.25) is 0 Å². The van der Waals surface area contributed by atoms with Crippen LogP contribution in [0.5, 0.6) is 0 Å². The van der Waals surface area contributed by atoms with E-state index in [0.717, 1.165) is 24.9 Å². The SMILES string of the molecule is CC(C)CCCN[C@@H](C(=O)O)c1ccccc1. The van der Waals surface area contributed by atoms with E-state index in [-0.39, 0.29) is 0 Å². The number of carbonyl (C=O) groups is 1. The summed E-state index contributed by atoms with van der Waals surface area (Å²) in [4.78, 5) is 11.2. The molecule has 1 atom stereocenters. The minimum Gasteiger partial charge on any atom is -0.480 e. The number of benzene rings is 1. The van der Waals surface area contributed by atoms with Gasteiger partial charge < -0.3 is 10.4 Å². The molecule has 0 spiro atoms. The Morgan fingerprint density at radius 1 is 1.29 bits per heavy atom. The van der Waals surface area contributed by atoms with Crippen LogP contribution in [0.15, 0.2) is 30.3 Å². The Kier molecular flexibility index (Phi) is 5.70. The number of hydrogen-bond donors (Lipinski definition) is 2. The molecule has 0 aromatic heterocycles. The Morgan fingerprint density at radius 3 is 2.47 bits per heavy atom. The summed E-state index contributed by atoms with van der Waals surface area (Å²) in [5.74, 6) is -0.155. The van der Waals surface area contributed by atoms with Crippen molar-refractivity contribution >= 4 is 5.97 Å². The molecule has 0 aliphatic rings. The fourth-order valence-corrected chi connectivity index (χ4v) is 1.75. The maximum Gasteiger partial charge on any atom is 0.325 e. The van der Waals surface area contributed by atoms with Gasteiger partial charge in [0.25, 0.3) is 0 Å². The zero-order valence-electron chi connectivity index (χ0n) is 10.5. The molecule has 0 bridgehead atoms. The van der Waals surface area contributed by atoms with Crippen molar-refractivity contribution in [1.29, 1.82) is 0 Å². The van der Waals surface area contributed by atoms with Crippen molar-refractivity contribution in [1.82, 2.24) is 5.32 Å². The first kappa shape index (κ1) is 13.7. The normalized spacial score (nSPS) is 12.6. The Morgan fingerprint density at radius 2 is 1.94 bits per heavy atom. The second kappa shape index (κ2) is 7.07. The smallest absolute Gasteiger partial charge is 0.325 e. The van der Waals surface area contributed by atoms with Crippen molar-refractivity contribution in [2.75, 3.05) is 6.54 Å². The summed E-state index contributed by atoms with van der Waals surface area (Å²) in [6.45, 7) is 5.09. The van der Waals surface area contributed by atoms with Gasteiger partial charge in [-0.2, -0.15) is 0 Å². The molecule has 3 heteroatoms. The number of rotatable bonds is 7. The molecule has 0 radical (unpaired) electrons. The average Bonchev–Trinajstić information content (AvgIpc) is 2.29. The largest absolute Gasteiger partial charge is 0.480 e. The molecule has 0 unspecified atom stereocenters. The molecule has 0 saturated carbocycles. The van der Waals surface area contributed by atoms with E-state index in [9.17, 15) is 9.90 Å². The van der Waals surface area contributed by atoms with Gasteiger partial charge in [-0.05, 0) is 30.9 Å². The van der Waals surface area contributed by atoms with E-state index in [1.807, 2.05) is 30.3 Å². The summed E-state index contributed by atoms with van der Waals surface area (Å²) in [5, 5.41) is 12.3. The van der Waals surface area contributed by atoms with E-state index < -0.39 is 12.0 Å². The van der Waals surface area contributed by atoms with Gasteiger partial charge in [0.1, 0.15) is 6.04 Å². The van der Waals surface area contributed by atoms with Gasteiger partial charge in [-0.1, -0.05) is 44.2 Å². The highest BCUT2D eigenvalue weighted by Gasteiger charge is 2.17. The standard InChI is InChI=1S/C14H21NO2/c1-11(2)7-6-10-15-13(14(16)17)12-8-4-3-5-9-12/h3-5,8-9,11,13,15H,6-7,10H2,1-2H3,(H,16,17)/t13-/m1/s1. The highest BCUT2D eigenvalue weighted by atomic mass is 16.4. The maximum absolute atomic E-state index is 11.2. The predicted molar refractivity (Wildman–Crippen MR) is 68.9 cm³/mol. The molecule has 0 aliphatic carbocycles. The third kappa shape index (κ3) is 5.00. The van der Waals surface area contributed by atoms with E-state index >= 15 is 0 Å². The van der Waals surface area contributed by atoms with Gasteiger partial charge in [0, 0.05) is 0 Å². The number of aliphatic carboxylic acids is 1. The fourth-order valence-electron chi connectivity index (χ4n) is 1.75. The zero-order chi connectivity index (χ0) is 12.7. The Balaban J connectivity index is 2.48. The van der Waals surface area contributed by atoms with Crippen LogP contribution in [-0.4, -0.2) is 17.6 Å². The second-order valence-electron chi connectivity index (χ2n) is 4.67. The first-order chi connectivity index (χ1) is 8.11. The lowest BCUT2D eigenvalue weighted by molar-refractivity contribution is -0.139. The molecule has 1 rings (SSSR count). The van der Waals surface area contributed by atoms with Crippen molar-refractivity contribution in [3.63, 3.8) is 0 Å². The van der Waals surface area contributed by atoms with Crippen molar-refractivity contribution in [3.8, 4) is 0 Å². The molecular weight excluding hydrogens is 214 g/mol. The van der Waals surface area contributed by atoms with Crippen molar-refractivity contribution in [2.45, 2.75) is 32.7 Å². The van der Waals surface area contributed by atoms with Crippen LogP contribution in [0.4, 0.5) is 0 Å². The van der Waals surface area contributed by atoms with E-state index in [1.165, 1.54) is 0 Å². The molecule has 0 heterocycles.